The Balaban J connectivity index is 1.72. The number of hydrogen-bond donors (Lipinski definition) is 0. The van der Waals surface area contributed by atoms with Gasteiger partial charge in [0.1, 0.15) is 0 Å². The minimum Gasteiger partial charge on any atom is -0.331 e. The molecule has 1 aliphatic carbocycles. The summed E-state index contributed by atoms with van der Waals surface area (Å²) in [6.45, 7) is 0.717. The third-order valence-electron chi connectivity index (χ3n) is 6.00. The van der Waals surface area contributed by atoms with Crippen molar-refractivity contribution in [3.05, 3.63) is 70.2 Å². The smallest absolute Gasteiger partial charge is 0.254 e. The molecule has 4 heteroatoms. The lowest BCUT2D eigenvalue weighted by atomic mass is 9.68. The van der Waals surface area contributed by atoms with Gasteiger partial charge in [0.05, 0.1) is 10.9 Å². The number of likely N-dealkylation sites (tertiary alicyclic amines) is 1. The maximum atomic E-state index is 13.3. The van der Waals surface area contributed by atoms with Gasteiger partial charge in [0.2, 0.25) is 0 Å². The molecule has 2 aliphatic rings. The third-order valence-corrected chi connectivity index (χ3v) is 7.19. The first-order valence-electron chi connectivity index (χ1n) is 9.39. The first-order valence-corrected chi connectivity index (χ1v) is 10.6. The van der Waals surface area contributed by atoms with Gasteiger partial charge in [-0.3, -0.25) is 4.79 Å². The molecule has 2 aromatic carbocycles. The van der Waals surface area contributed by atoms with E-state index in [9.17, 15) is 4.79 Å². The van der Waals surface area contributed by atoms with Crippen LogP contribution in [0.25, 0.3) is 0 Å². The van der Waals surface area contributed by atoms with E-state index in [4.69, 9.17) is 11.6 Å². The number of halogens is 2. The van der Waals surface area contributed by atoms with Crippen LogP contribution in [0.4, 0.5) is 0 Å². The van der Waals surface area contributed by atoms with Crippen molar-refractivity contribution in [3.63, 3.8) is 0 Å². The highest BCUT2D eigenvalue weighted by atomic mass is 79.9. The fraction of sp³-hybridized carbons (Fsp3) is 0.409. The van der Waals surface area contributed by atoms with E-state index in [1.807, 2.05) is 30.3 Å². The number of benzene rings is 2. The molecule has 4 rings (SSSR count). The maximum Gasteiger partial charge on any atom is 0.254 e. The Morgan fingerprint density at radius 3 is 2.50 bits per heavy atom. The molecule has 1 heterocycles. The minimum absolute atomic E-state index is 0.0545. The van der Waals surface area contributed by atoms with Gasteiger partial charge in [0.25, 0.3) is 5.91 Å². The summed E-state index contributed by atoms with van der Waals surface area (Å²) in [6.07, 6.45) is 5.42. The highest BCUT2D eigenvalue weighted by Crippen LogP contribution is 2.52. The summed E-state index contributed by atoms with van der Waals surface area (Å²) in [5.74, 6) is 0.420. The summed E-state index contributed by atoms with van der Waals surface area (Å²) in [6, 6.07) is 18.2. The number of carbonyl (C=O) groups excluding carboxylic acids is 1. The van der Waals surface area contributed by atoms with Gasteiger partial charge in [0, 0.05) is 22.5 Å². The van der Waals surface area contributed by atoms with E-state index >= 15 is 0 Å². The van der Waals surface area contributed by atoms with Gasteiger partial charge in [-0.25, -0.2) is 0 Å². The van der Waals surface area contributed by atoms with Crippen LogP contribution in [-0.4, -0.2) is 22.2 Å². The van der Waals surface area contributed by atoms with E-state index < -0.39 is 0 Å². The fourth-order valence-electron chi connectivity index (χ4n) is 4.69. The standard InChI is InChI=1S/C22H23BrClNO/c23-18-11-9-17(10-12-18)21(26)25-15-14-22(24)13-5-4-8-19(22)20(25)16-6-2-1-3-7-16/h1-3,6-7,9-12,19-20H,4-5,8,13-15H2. The molecule has 0 bridgehead atoms. The molecule has 0 radical (unpaired) electrons. The number of rotatable bonds is 2. The molecule has 3 atom stereocenters. The number of alkyl halides is 1. The van der Waals surface area contributed by atoms with Crippen molar-refractivity contribution >= 4 is 33.4 Å². The topological polar surface area (TPSA) is 20.3 Å². The van der Waals surface area contributed by atoms with E-state index in [0.717, 1.165) is 29.3 Å². The van der Waals surface area contributed by atoms with Crippen LogP contribution >= 0.6 is 27.5 Å². The van der Waals surface area contributed by atoms with Crippen LogP contribution < -0.4 is 0 Å². The van der Waals surface area contributed by atoms with Gasteiger partial charge < -0.3 is 4.90 Å². The number of carbonyl (C=O) groups is 1. The number of piperidine rings is 1. The molecule has 1 amide bonds. The van der Waals surface area contributed by atoms with E-state index in [1.54, 1.807) is 0 Å². The van der Waals surface area contributed by atoms with E-state index in [1.165, 1.54) is 18.4 Å². The van der Waals surface area contributed by atoms with Gasteiger partial charge in [-0.1, -0.05) is 59.1 Å². The molecule has 3 unspecified atom stereocenters. The normalized spacial score (nSPS) is 28.5. The predicted octanol–water partition coefficient (Wildman–Crippen LogP) is 6.20. The zero-order chi connectivity index (χ0) is 18.1. The zero-order valence-corrected chi connectivity index (χ0v) is 17.0. The minimum atomic E-state index is -0.171. The van der Waals surface area contributed by atoms with Crippen LogP contribution in [0.1, 0.15) is 54.1 Å². The quantitative estimate of drug-likeness (QED) is 0.517. The summed E-state index contributed by atoms with van der Waals surface area (Å²) in [7, 11) is 0. The number of amides is 1. The second kappa shape index (κ2) is 7.36. The molecule has 0 spiro atoms. The van der Waals surface area contributed by atoms with Crippen molar-refractivity contribution in [1.82, 2.24) is 4.90 Å². The van der Waals surface area contributed by atoms with Crippen molar-refractivity contribution in [1.29, 1.82) is 0 Å². The summed E-state index contributed by atoms with van der Waals surface area (Å²) in [4.78, 5) is 15.2. The molecule has 1 aliphatic heterocycles. The molecule has 0 aromatic heterocycles. The van der Waals surface area contributed by atoms with Gasteiger partial charge in [-0.2, -0.15) is 0 Å². The third kappa shape index (κ3) is 3.32. The molecule has 2 fully saturated rings. The molecule has 2 aromatic rings. The Labute approximate surface area is 168 Å². The number of fused-ring (bicyclic) bond motifs is 1. The van der Waals surface area contributed by atoms with E-state index in [-0.39, 0.29) is 16.8 Å². The Hall–Kier alpha value is -1.32. The Morgan fingerprint density at radius 2 is 1.77 bits per heavy atom. The predicted molar refractivity (Wildman–Crippen MR) is 110 cm³/mol. The Kier molecular flexibility index (Phi) is 5.11. The largest absolute Gasteiger partial charge is 0.331 e. The van der Waals surface area contributed by atoms with Crippen molar-refractivity contribution < 1.29 is 4.79 Å². The van der Waals surface area contributed by atoms with Crippen LogP contribution in [0, 0.1) is 5.92 Å². The van der Waals surface area contributed by atoms with Crippen molar-refractivity contribution in [2.45, 2.75) is 43.0 Å². The SMILES string of the molecule is O=C(c1ccc(Br)cc1)N1CCC2(Cl)CCCCC2C1c1ccccc1. The van der Waals surface area contributed by atoms with Crippen LogP contribution in [0.3, 0.4) is 0 Å². The van der Waals surface area contributed by atoms with E-state index in [2.05, 4.69) is 45.1 Å². The lowest BCUT2D eigenvalue weighted by Crippen LogP contribution is -2.53. The molecule has 1 saturated heterocycles. The molecule has 26 heavy (non-hydrogen) atoms. The van der Waals surface area contributed by atoms with Gasteiger partial charge in [-0.15, -0.1) is 11.6 Å². The van der Waals surface area contributed by atoms with Crippen molar-refractivity contribution in [2.24, 2.45) is 5.92 Å². The monoisotopic (exact) mass is 431 g/mol. The first kappa shape index (κ1) is 18.1. The van der Waals surface area contributed by atoms with Gasteiger partial charge in [-0.05, 0) is 49.1 Å². The van der Waals surface area contributed by atoms with Crippen LogP contribution in [0.2, 0.25) is 0 Å². The van der Waals surface area contributed by atoms with Crippen LogP contribution in [0.15, 0.2) is 59.1 Å². The highest BCUT2D eigenvalue weighted by molar-refractivity contribution is 9.10. The fourth-order valence-corrected chi connectivity index (χ4v) is 5.40. The average Bonchev–Trinajstić information content (AvgIpc) is 2.67. The van der Waals surface area contributed by atoms with Crippen molar-refractivity contribution in [2.75, 3.05) is 6.54 Å². The molecule has 2 nitrogen and oxygen atoms in total. The van der Waals surface area contributed by atoms with Crippen LogP contribution in [-0.2, 0) is 0 Å². The van der Waals surface area contributed by atoms with E-state index in [0.29, 0.717) is 12.5 Å². The molecule has 136 valence electrons. The first-order chi connectivity index (χ1) is 12.6. The second-order valence-electron chi connectivity index (χ2n) is 7.50. The Morgan fingerprint density at radius 1 is 1.04 bits per heavy atom. The molecule has 0 N–H and O–H groups in total. The average molecular weight is 433 g/mol. The molecular formula is C22H23BrClNO. The highest BCUT2D eigenvalue weighted by Gasteiger charge is 2.50. The maximum absolute atomic E-state index is 13.3. The number of hydrogen-bond acceptors (Lipinski definition) is 1. The zero-order valence-electron chi connectivity index (χ0n) is 14.7. The summed E-state index contributed by atoms with van der Waals surface area (Å²) in [5, 5.41) is 0. The lowest BCUT2D eigenvalue weighted by molar-refractivity contribution is 0.0279. The second-order valence-corrected chi connectivity index (χ2v) is 9.17. The lowest BCUT2D eigenvalue weighted by Gasteiger charge is -2.52. The molecule has 1 saturated carbocycles. The summed E-state index contributed by atoms with van der Waals surface area (Å²) < 4.78 is 0.986. The Bertz CT molecular complexity index is 778. The molecular weight excluding hydrogens is 410 g/mol. The van der Waals surface area contributed by atoms with Gasteiger partial charge >= 0.3 is 0 Å². The van der Waals surface area contributed by atoms with Crippen molar-refractivity contribution in [3.8, 4) is 0 Å². The summed E-state index contributed by atoms with van der Waals surface area (Å²) in [5.41, 5.74) is 1.95. The van der Waals surface area contributed by atoms with Gasteiger partial charge in [0.15, 0.2) is 0 Å². The summed E-state index contributed by atoms with van der Waals surface area (Å²) >= 11 is 10.6. The van der Waals surface area contributed by atoms with Crippen LogP contribution in [0.5, 0.6) is 0 Å². The number of nitrogens with zero attached hydrogens (tertiary/aromatic N) is 1.